The third-order valence-electron chi connectivity index (χ3n) is 3.63. The molecule has 10 heteroatoms. The van der Waals surface area contributed by atoms with Gasteiger partial charge in [0.05, 0.1) is 11.3 Å². The van der Waals surface area contributed by atoms with Crippen molar-refractivity contribution in [1.82, 2.24) is 15.8 Å². The van der Waals surface area contributed by atoms with Crippen molar-refractivity contribution in [3.05, 3.63) is 41.0 Å². The molecule has 26 heavy (non-hydrogen) atoms. The van der Waals surface area contributed by atoms with Crippen LogP contribution in [0.4, 0.5) is 10.1 Å². The molecule has 2 aromatic rings. The summed E-state index contributed by atoms with van der Waals surface area (Å²) in [5.41, 5.74) is 2.94. The summed E-state index contributed by atoms with van der Waals surface area (Å²) in [5, 5.41) is 16.9. The van der Waals surface area contributed by atoms with Gasteiger partial charge < -0.3 is 0 Å². The van der Waals surface area contributed by atoms with E-state index in [1.165, 1.54) is 18.2 Å². The van der Waals surface area contributed by atoms with Crippen LogP contribution >= 0.6 is 0 Å². The number of aryl methyl sites for hydroxylation is 1. The standard InChI is InChI=1S/C16H19FN6O2S/c1-3-11-10-12(7-8-13(11)17)20-16(21-24)15-14(22-25-23-15)6-5-9-26(18,19)4-2/h1,7-8,10,18-19,24H,4-6,9H2,2H3,(H,20,21). The van der Waals surface area contributed by atoms with Gasteiger partial charge in [-0.05, 0) is 36.2 Å². The molecule has 0 aliphatic carbocycles. The zero-order valence-corrected chi connectivity index (χ0v) is 14.9. The van der Waals surface area contributed by atoms with Crippen molar-refractivity contribution in [2.24, 2.45) is 4.99 Å². The molecule has 0 radical (unpaired) electrons. The highest BCUT2D eigenvalue weighted by molar-refractivity contribution is 7.93. The molecule has 8 nitrogen and oxygen atoms in total. The minimum atomic E-state index is -2.10. The maximum atomic E-state index is 13.5. The maximum absolute atomic E-state index is 13.5. The Morgan fingerprint density at radius 3 is 2.88 bits per heavy atom. The van der Waals surface area contributed by atoms with Gasteiger partial charge in [0, 0.05) is 11.5 Å². The molecule has 138 valence electrons. The van der Waals surface area contributed by atoms with Gasteiger partial charge in [0.25, 0.3) is 0 Å². The number of benzene rings is 1. The molecule has 0 bridgehead atoms. The molecule has 2 rings (SSSR count). The Kier molecular flexibility index (Phi) is 6.43. The highest BCUT2D eigenvalue weighted by Crippen LogP contribution is 2.18. The molecule has 0 unspecified atom stereocenters. The summed E-state index contributed by atoms with van der Waals surface area (Å²) in [4.78, 5) is 4.16. The van der Waals surface area contributed by atoms with E-state index in [1.807, 2.05) is 12.4 Å². The van der Waals surface area contributed by atoms with E-state index in [1.54, 1.807) is 0 Å². The molecule has 1 aromatic carbocycles. The number of aliphatic imine (C=N–C) groups is 1. The average molecular weight is 378 g/mol. The van der Waals surface area contributed by atoms with Crippen LogP contribution in [0.5, 0.6) is 0 Å². The predicted octanol–water partition coefficient (Wildman–Crippen LogP) is 2.88. The van der Waals surface area contributed by atoms with Gasteiger partial charge in [0.2, 0.25) is 0 Å². The van der Waals surface area contributed by atoms with Gasteiger partial charge in [-0.25, -0.2) is 14.0 Å². The number of aromatic nitrogens is 2. The lowest BCUT2D eigenvalue weighted by atomic mass is 10.2. The van der Waals surface area contributed by atoms with Gasteiger partial charge >= 0.3 is 0 Å². The molecule has 0 amide bonds. The van der Waals surface area contributed by atoms with Crippen molar-refractivity contribution in [3.8, 4) is 12.3 Å². The molecule has 1 heterocycles. The fourth-order valence-corrected chi connectivity index (χ4v) is 3.06. The zero-order chi connectivity index (χ0) is 19.2. The lowest BCUT2D eigenvalue weighted by Gasteiger charge is -2.07. The molecule has 1 aromatic heterocycles. The van der Waals surface area contributed by atoms with E-state index in [0.29, 0.717) is 35.7 Å². The first-order chi connectivity index (χ1) is 12.4. The quantitative estimate of drug-likeness (QED) is 0.255. The van der Waals surface area contributed by atoms with Crippen molar-refractivity contribution < 1.29 is 14.2 Å². The molecule has 0 saturated carbocycles. The molecule has 0 saturated heterocycles. The first kappa shape index (κ1) is 19.6. The lowest BCUT2D eigenvalue weighted by molar-refractivity contribution is 0.234. The summed E-state index contributed by atoms with van der Waals surface area (Å²) in [7, 11) is -2.10. The Balaban J connectivity index is 2.23. The third-order valence-corrected chi connectivity index (χ3v) is 5.60. The summed E-state index contributed by atoms with van der Waals surface area (Å²) in [6.07, 6.45) is 6.22. The zero-order valence-electron chi connectivity index (χ0n) is 14.1. The van der Waals surface area contributed by atoms with E-state index in [2.05, 4.69) is 21.2 Å². The second kappa shape index (κ2) is 8.55. The summed E-state index contributed by atoms with van der Waals surface area (Å²) >= 11 is 0. The van der Waals surface area contributed by atoms with E-state index in [9.17, 15) is 9.60 Å². The minimum Gasteiger partial charge on any atom is -0.290 e. The number of hydrogen-bond acceptors (Lipinski definition) is 7. The van der Waals surface area contributed by atoms with Crippen LogP contribution in [-0.2, 0) is 16.0 Å². The van der Waals surface area contributed by atoms with Crippen molar-refractivity contribution in [1.29, 1.82) is 9.56 Å². The second-order valence-electron chi connectivity index (χ2n) is 5.42. The highest BCUT2D eigenvalue weighted by Gasteiger charge is 2.17. The number of rotatable bonds is 7. The van der Waals surface area contributed by atoms with Crippen LogP contribution < -0.4 is 5.48 Å². The fraction of sp³-hybridized carbons (Fsp3) is 0.312. The van der Waals surface area contributed by atoms with Crippen LogP contribution in [-0.4, -0.2) is 32.9 Å². The fourth-order valence-electron chi connectivity index (χ4n) is 2.13. The number of terminal acetylenes is 1. The molecule has 0 aliphatic rings. The van der Waals surface area contributed by atoms with Crippen LogP contribution in [0.25, 0.3) is 0 Å². The first-order valence-electron chi connectivity index (χ1n) is 7.75. The molecular weight excluding hydrogens is 359 g/mol. The number of hydroxylamine groups is 1. The van der Waals surface area contributed by atoms with E-state index in [4.69, 9.17) is 20.6 Å². The van der Waals surface area contributed by atoms with Crippen molar-refractivity contribution >= 4 is 21.1 Å². The highest BCUT2D eigenvalue weighted by atomic mass is 32.2. The molecule has 0 atom stereocenters. The van der Waals surface area contributed by atoms with Crippen LogP contribution in [0, 0.1) is 27.7 Å². The summed E-state index contributed by atoms with van der Waals surface area (Å²) in [6, 6.07) is 3.94. The second-order valence-corrected chi connectivity index (χ2v) is 8.17. The van der Waals surface area contributed by atoms with E-state index >= 15 is 0 Å². The Morgan fingerprint density at radius 1 is 1.46 bits per heavy atom. The lowest BCUT2D eigenvalue weighted by Crippen LogP contribution is -2.22. The number of halogens is 1. The number of hydrogen-bond donors (Lipinski definition) is 4. The third kappa shape index (κ3) is 4.87. The Labute approximate surface area is 150 Å². The SMILES string of the molecule is C#Cc1cc(N=C(NO)c2nonc2CCCS(=N)(=N)CC)ccc1F. The first-order valence-corrected chi connectivity index (χ1v) is 9.72. The van der Waals surface area contributed by atoms with Crippen LogP contribution in [0.1, 0.15) is 30.3 Å². The topological polar surface area (TPSA) is 131 Å². The Morgan fingerprint density at radius 2 is 2.23 bits per heavy atom. The van der Waals surface area contributed by atoms with Crippen molar-refractivity contribution in [2.45, 2.75) is 19.8 Å². The molecule has 4 N–H and O–H groups in total. The van der Waals surface area contributed by atoms with Crippen LogP contribution in [0.3, 0.4) is 0 Å². The van der Waals surface area contributed by atoms with E-state index in [0.717, 1.165) is 0 Å². The predicted molar refractivity (Wildman–Crippen MR) is 96.3 cm³/mol. The van der Waals surface area contributed by atoms with Gasteiger partial charge in [-0.1, -0.05) is 27.6 Å². The molecule has 0 spiro atoms. The largest absolute Gasteiger partial charge is 0.290 e. The van der Waals surface area contributed by atoms with Gasteiger partial charge in [-0.15, -0.1) is 6.42 Å². The summed E-state index contributed by atoms with van der Waals surface area (Å²) in [5.74, 6) is 2.59. The van der Waals surface area contributed by atoms with Crippen LogP contribution in [0.2, 0.25) is 0 Å². The summed E-state index contributed by atoms with van der Waals surface area (Å²) in [6.45, 7) is 1.83. The normalized spacial score (nSPS) is 12.0. The van der Waals surface area contributed by atoms with Crippen LogP contribution in [0.15, 0.2) is 27.8 Å². The van der Waals surface area contributed by atoms with Gasteiger partial charge in [-0.2, -0.15) is 0 Å². The summed E-state index contributed by atoms with van der Waals surface area (Å²) < 4.78 is 33.9. The molecule has 0 fully saturated rings. The molecule has 0 aliphatic heterocycles. The maximum Gasteiger partial charge on any atom is 0.181 e. The van der Waals surface area contributed by atoms with Gasteiger partial charge in [0.15, 0.2) is 11.5 Å². The Hall–Kier alpha value is -2.77. The average Bonchev–Trinajstić information content (AvgIpc) is 3.09. The van der Waals surface area contributed by atoms with Gasteiger partial charge in [-0.3, -0.25) is 20.2 Å². The number of nitrogens with zero attached hydrogens (tertiary/aromatic N) is 3. The molecular formula is C16H19FN6O2S. The Bertz CT molecular complexity index is 946. The monoisotopic (exact) mass is 378 g/mol. The van der Waals surface area contributed by atoms with Crippen molar-refractivity contribution in [3.63, 3.8) is 0 Å². The van der Waals surface area contributed by atoms with Gasteiger partial charge in [0.1, 0.15) is 11.5 Å². The number of nitrogens with one attached hydrogen (secondary N) is 3. The van der Waals surface area contributed by atoms with Crippen molar-refractivity contribution in [2.75, 3.05) is 11.5 Å². The smallest absolute Gasteiger partial charge is 0.181 e. The van der Waals surface area contributed by atoms with E-state index in [-0.39, 0.29) is 17.1 Å². The number of amidine groups is 1. The minimum absolute atomic E-state index is 0.0262. The van der Waals surface area contributed by atoms with E-state index < -0.39 is 15.4 Å².